The molecule has 0 aliphatic heterocycles. The topological polar surface area (TPSA) is 217 Å². The Labute approximate surface area is 211 Å². The molecule has 0 aromatic heterocycles. The van der Waals surface area contributed by atoms with Crippen molar-refractivity contribution in [2.75, 3.05) is 19.4 Å². The third kappa shape index (κ3) is 3.56. The number of carbonyl (C=O) groups is 3. The summed E-state index contributed by atoms with van der Waals surface area (Å²) in [5.41, 5.74) is 0.630. The van der Waals surface area contributed by atoms with Crippen molar-refractivity contribution in [3.8, 4) is 5.75 Å². The lowest BCUT2D eigenvalue weighted by Gasteiger charge is -2.50. The normalized spacial score (nSPS) is 27.3. The highest BCUT2D eigenvalue weighted by Crippen LogP contribution is 2.53. The lowest BCUT2D eigenvalue weighted by molar-refractivity contribution is -0.385. The SMILES string of the molecule is CC(C)Nc1cc([N+](=O)[O-])c(O)c2c1CC1CC3[C@H](N(C)C)C(O)=C(C(N)=O)C(=O)C3(O)C(O)=C1C2=O. The van der Waals surface area contributed by atoms with Crippen LogP contribution in [0.5, 0.6) is 5.75 Å². The first kappa shape index (κ1) is 26.1. The number of benzene rings is 1. The molecule has 1 aromatic rings. The minimum Gasteiger partial charge on any atom is -0.510 e. The first-order valence-electron chi connectivity index (χ1n) is 11.6. The number of allylic oxidation sites excluding steroid dienone is 1. The highest BCUT2D eigenvalue weighted by atomic mass is 16.6. The molecule has 7 N–H and O–H groups in total. The number of aliphatic hydroxyl groups is 3. The molecule has 1 aromatic carbocycles. The minimum atomic E-state index is -2.78. The van der Waals surface area contributed by atoms with Crippen LogP contribution in [0, 0.1) is 22.0 Å². The molecule has 0 fully saturated rings. The molecule has 0 bridgehead atoms. The van der Waals surface area contributed by atoms with E-state index in [0.29, 0.717) is 0 Å². The monoisotopic (exact) mass is 516 g/mol. The van der Waals surface area contributed by atoms with Crippen molar-refractivity contribution < 1.29 is 39.7 Å². The van der Waals surface area contributed by atoms with E-state index < -0.39 is 85.5 Å². The van der Waals surface area contributed by atoms with Crippen molar-refractivity contribution in [3.05, 3.63) is 50.0 Å². The number of hydrogen-bond acceptors (Lipinski definition) is 11. The van der Waals surface area contributed by atoms with E-state index >= 15 is 0 Å². The Bertz CT molecular complexity index is 1330. The van der Waals surface area contributed by atoms with Crippen molar-refractivity contribution in [1.29, 1.82) is 0 Å². The van der Waals surface area contributed by atoms with E-state index in [9.17, 15) is 44.9 Å². The van der Waals surface area contributed by atoms with Crippen LogP contribution in [0.1, 0.15) is 36.2 Å². The van der Waals surface area contributed by atoms with E-state index in [4.69, 9.17) is 5.73 Å². The molecular formula is C24H28N4O9. The van der Waals surface area contributed by atoms with Gasteiger partial charge in [-0.2, -0.15) is 0 Å². The average molecular weight is 517 g/mol. The summed E-state index contributed by atoms with van der Waals surface area (Å²) in [7, 11) is 3.07. The number of primary amides is 1. The number of likely N-dealkylation sites (N-methyl/N-ethyl adjacent to an activating group) is 1. The zero-order chi connectivity index (χ0) is 27.7. The Balaban J connectivity index is 1.99. The molecule has 198 valence electrons. The highest BCUT2D eigenvalue weighted by Gasteiger charge is 2.63. The Kier molecular flexibility index (Phi) is 6.04. The fourth-order valence-corrected chi connectivity index (χ4v) is 5.88. The van der Waals surface area contributed by atoms with Crippen molar-refractivity contribution in [2.45, 2.75) is 44.4 Å². The van der Waals surface area contributed by atoms with Gasteiger partial charge >= 0.3 is 5.69 Å². The van der Waals surface area contributed by atoms with Crippen LogP contribution in [0.2, 0.25) is 0 Å². The molecule has 0 radical (unpaired) electrons. The number of anilines is 1. The average Bonchev–Trinajstić information content (AvgIpc) is 2.77. The second-order valence-corrected chi connectivity index (χ2v) is 10.2. The maximum absolute atomic E-state index is 13.7. The maximum Gasteiger partial charge on any atom is 0.313 e. The van der Waals surface area contributed by atoms with Gasteiger partial charge < -0.3 is 31.5 Å². The Morgan fingerprint density at radius 1 is 1.27 bits per heavy atom. The van der Waals surface area contributed by atoms with Crippen LogP contribution < -0.4 is 11.1 Å². The lowest BCUT2D eigenvalue weighted by atomic mass is 9.58. The van der Waals surface area contributed by atoms with Crippen molar-refractivity contribution in [1.82, 2.24) is 4.90 Å². The number of amides is 1. The fraction of sp³-hybridized carbons (Fsp3) is 0.458. The van der Waals surface area contributed by atoms with E-state index in [1.807, 2.05) is 0 Å². The third-order valence-corrected chi connectivity index (χ3v) is 7.34. The molecule has 0 spiro atoms. The number of nitro benzene ring substituents is 1. The van der Waals surface area contributed by atoms with E-state index in [-0.39, 0.29) is 30.1 Å². The van der Waals surface area contributed by atoms with Gasteiger partial charge in [0.15, 0.2) is 11.4 Å². The number of Topliss-reactive ketones (excluding diaryl/α,β-unsaturated/α-hetero) is 2. The number of carbonyl (C=O) groups excluding carboxylic acids is 3. The molecule has 3 unspecified atom stereocenters. The second-order valence-electron chi connectivity index (χ2n) is 10.2. The van der Waals surface area contributed by atoms with Gasteiger partial charge in [0.2, 0.25) is 11.5 Å². The minimum absolute atomic E-state index is 0.0230. The second kappa shape index (κ2) is 8.56. The summed E-state index contributed by atoms with van der Waals surface area (Å²) in [5, 5.41) is 59.0. The number of nitro groups is 1. The molecule has 0 saturated carbocycles. The molecule has 4 atom stereocenters. The number of nitrogens with one attached hydrogen (secondary N) is 1. The van der Waals surface area contributed by atoms with Crippen molar-refractivity contribution >= 4 is 28.8 Å². The largest absolute Gasteiger partial charge is 0.510 e. The predicted octanol–water partition coefficient (Wildman–Crippen LogP) is 0.849. The molecule has 3 aliphatic rings. The van der Waals surface area contributed by atoms with E-state index in [2.05, 4.69) is 5.32 Å². The number of phenols is 1. The first-order chi connectivity index (χ1) is 17.1. The predicted molar refractivity (Wildman–Crippen MR) is 129 cm³/mol. The number of nitrogens with zero attached hydrogens (tertiary/aromatic N) is 2. The van der Waals surface area contributed by atoms with Crippen LogP contribution in [-0.4, -0.2) is 79.5 Å². The molecule has 0 heterocycles. The first-order valence-corrected chi connectivity index (χ1v) is 11.6. The van der Waals surface area contributed by atoms with Crippen molar-refractivity contribution in [2.24, 2.45) is 17.6 Å². The van der Waals surface area contributed by atoms with Gasteiger partial charge in [-0.3, -0.25) is 29.4 Å². The van der Waals surface area contributed by atoms with Gasteiger partial charge in [0.1, 0.15) is 17.1 Å². The molecule has 37 heavy (non-hydrogen) atoms. The van der Waals surface area contributed by atoms with Crippen LogP contribution in [-0.2, 0) is 16.0 Å². The summed E-state index contributed by atoms with van der Waals surface area (Å²) in [5.74, 6) is -8.19. The number of phenolic OH excluding ortho intramolecular Hbond substituents is 1. The zero-order valence-electron chi connectivity index (χ0n) is 20.6. The molecule has 13 nitrogen and oxygen atoms in total. The quantitative estimate of drug-likeness (QED) is 0.139. The highest BCUT2D eigenvalue weighted by molar-refractivity contribution is 6.25. The van der Waals surface area contributed by atoms with E-state index in [1.54, 1.807) is 13.8 Å². The Morgan fingerprint density at radius 2 is 1.89 bits per heavy atom. The van der Waals surface area contributed by atoms with E-state index in [0.717, 1.165) is 6.07 Å². The van der Waals surface area contributed by atoms with Gasteiger partial charge in [0.25, 0.3) is 5.91 Å². The standard InChI is InChI=1S/C24H28N4O9/c1-8(2)26-12-7-13(28(36)37)18(29)15-10(12)5-9-6-11-17(27(3)4)20(31)16(23(25)34)22(33)24(11,35)21(32)14(9)19(15)30/h7-9,11,17,26,29,31-32,35H,5-6H2,1-4H3,(H2,25,34)/t9?,11?,17-,24?/m0/s1. The lowest BCUT2D eigenvalue weighted by Crippen LogP contribution is -2.63. The number of aliphatic hydroxyl groups excluding tert-OH is 2. The number of ketones is 2. The molecule has 13 heteroatoms. The number of aromatic hydroxyl groups is 1. The Hall–Kier alpha value is -3.97. The Morgan fingerprint density at radius 3 is 2.41 bits per heavy atom. The van der Waals surface area contributed by atoms with Gasteiger partial charge in [-0.15, -0.1) is 0 Å². The zero-order valence-corrected chi connectivity index (χ0v) is 20.6. The van der Waals surface area contributed by atoms with Crippen LogP contribution >= 0.6 is 0 Å². The van der Waals surface area contributed by atoms with Crippen LogP contribution in [0.25, 0.3) is 0 Å². The van der Waals surface area contributed by atoms with E-state index in [1.165, 1.54) is 19.0 Å². The third-order valence-electron chi connectivity index (χ3n) is 7.34. The molecule has 0 saturated heterocycles. The van der Waals surface area contributed by atoms with Crippen molar-refractivity contribution in [3.63, 3.8) is 0 Å². The van der Waals surface area contributed by atoms with Crippen LogP contribution in [0.15, 0.2) is 28.7 Å². The molecule has 1 amide bonds. The van der Waals surface area contributed by atoms with Gasteiger partial charge in [-0.25, -0.2) is 0 Å². The summed E-state index contributed by atoms with van der Waals surface area (Å²) in [6, 6.07) is -0.159. The summed E-state index contributed by atoms with van der Waals surface area (Å²) < 4.78 is 0. The molecule has 3 aliphatic carbocycles. The van der Waals surface area contributed by atoms with Gasteiger partial charge in [-0.1, -0.05) is 0 Å². The summed E-state index contributed by atoms with van der Waals surface area (Å²) in [6.07, 6.45) is -0.0558. The molecule has 4 rings (SSSR count). The number of fused-ring (bicyclic) bond motifs is 3. The maximum atomic E-state index is 13.7. The smallest absolute Gasteiger partial charge is 0.313 e. The van der Waals surface area contributed by atoms with Crippen LogP contribution in [0.4, 0.5) is 11.4 Å². The molecular weight excluding hydrogens is 488 g/mol. The van der Waals surface area contributed by atoms with Gasteiger partial charge in [0.05, 0.1) is 16.5 Å². The number of rotatable bonds is 5. The fourth-order valence-electron chi connectivity index (χ4n) is 5.88. The number of hydrogen-bond donors (Lipinski definition) is 6. The summed E-state index contributed by atoms with van der Waals surface area (Å²) >= 11 is 0. The number of nitrogens with two attached hydrogens (primary N) is 1. The summed E-state index contributed by atoms with van der Waals surface area (Å²) in [6.45, 7) is 3.57. The van der Waals surface area contributed by atoms with Gasteiger partial charge in [-0.05, 0) is 52.3 Å². The summed E-state index contributed by atoms with van der Waals surface area (Å²) in [4.78, 5) is 51.2. The van der Waals surface area contributed by atoms with Crippen LogP contribution in [0.3, 0.4) is 0 Å². The van der Waals surface area contributed by atoms with Gasteiger partial charge in [0, 0.05) is 29.3 Å².